The van der Waals surface area contributed by atoms with Crippen molar-refractivity contribution in [3.05, 3.63) is 47.3 Å². The molecule has 0 radical (unpaired) electrons. The molecule has 0 saturated carbocycles. The second kappa shape index (κ2) is 4.14. The van der Waals surface area contributed by atoms with E-state index in [9.17, 15) is 4.79 Å². The number of hydrogen-bond donors (Lipinski definition) is 1. The summed E-state index contributed by atoms with van der Waals surface area (Å²) in [4.78, 5) is 12.0. The van der Waals surface area contributed by atoms with Gasteiger partial charge in [-0.05, 0) is 12.5 Å². The number of nitrogens with zero attached hydrogens (tertiary/aromatic N) is 3. The smallest absolute Gasteiger partial charge is 0.358 e. The van der Waals surface area contributed by atoms with E-state index in [0.717, 1.165) is 5.56 Å². The predicted molar refractivity (Wildman–Crippen MR) is 57.3 cm³/mol. The van der Waals surface area contributed by atoms with Crippen molar-refractivity contribution in [1.82, 2.24) is 15.0 Å². The van der Waals surface area contributed by atoms with E-state index in [4.69, 9.17) is 5.11 Å². The van der Waals surface area contributed by atoms with E-state index in [-0.39, 0.29) is 5.69 Å². The first-order valence-corrected chi connectivity index (χ1v) is 4.84. The lowest BCUT2D eigenvalue weighted by atomic mass is 10.1. The third kappa shape index (κ3) is 2.25. The van der Waals surface area contributed by atoms with Crippen LogP contribution < -0.4 is 0 Å². The molecule has 0 spiro atoms. The van der Waals surface area contributed by atoms with Crippen LogP contribution in [0.1, 0.15) is 21.6 Å². The lowest BCUT2D eigenvalue weighted by Gasteiger charge is -2.00. The van der Waals surface area contributed by atoms with E-state index in [1.54, 1.807) is 0 Å². The molecule has 2 aromatic rings. The van der Waals surface area contributed by atoms with Crippen LogP contribution in [-0.2, 0) is 6.54 Å². The third-order valence-corrected chi connectivity index (χ3v) is 2.20. The molecule has 1 aromatic heterocycles. The maximum absolute atomic E-state index is 10.6. The molecule has 0 saturated heterocycles. The van der Waals surface area contributed by atoms with Gasteiger partial charge in [0.2, 0.25) is 0 Å². The molecule has 0 aliphatic carbocycles. The Bertz CT molecular complexity index is 502. The van der Waals surface area contributed by atoms with Crippen molar-refractivity contribution in [3.63, 3.8) is 0 Å². The molecule has 2 rings (SSSR count). The van der Waals surface area contributed by atoms with Crippen molar-refractivity contribution in [2.45, 2.75) is 13.5 Å². The van der Waals surface area contributed by atoms with Crippen LogP contribution in [-0.4, -0.2) is 26.1 Å². The van der Waals surface area contributed by atoms with E-state index in [0.29, 0.717) is 6.54 Å². The molecule has 16 heavy (non-hydrogen) atoms. The number of carboxylic acids is 1. The predicted octanol–water partition coefficient (Wildman–Crippen LogP) is 1.33. The average molecular weight is 217 g/mol. The summed E-state index contributed by atoms with van der Waals surface area (Å²) in [6.07, 6.45) is 1.25. The van der Waals surface area contributed by atoms with Crippen molar-refractivity contribution >= 4 is 5.97 Å². The number of rotatable bonds is 3. The Labute approximate surface area is 92.3 Å². The van der Waals surface area contributed by atoms with Gasteiger partial charge in [0.1, 0.15) is 0 Å². The zero-order chi connectivity index (χ0) is 11.5. The molecule has 0 aliphatic rings. The zero-order valence-electron chi connectivity index (χ0n) is 8.79. The van der Waals surface area contributed by atoms with E-state index in [2.05, 4.69) is 10.2 Å². The highest BCUT2D eigenvalue weighted by Gasteiger charge is 2.07. The second-order valence-corrected chi connectivity index (χ2v) is 3.55. The van der Waals surface area contributed by atoms with Crippen molar-refractivity contribution < 1.29 is 9.90 Å². The topological polar surface area (TPSA) is 68.0 Å². The number of carboxylic acid groups (broad SMARTS) is 1. The number of carbonyl (C=O) groups is 1. The molecule has 1 heterocycles. The summed E-state index contributed by atoms with van der Waals surface area (Å²) in [6, 6.07) is 7.94. The van der Waals surface area contributed by atoms with Crippen molar-refractivity contribution in [3.8, 4) is 0 Å². The van der Waals surface area contributed by atoms with E-state index in [1.807, 2.05) is 31.2 Å². The maximum Gasteiger partial charge on any atom is 0.358 e. The van der Waals surface area contributed by atoms with Crippen LogP contribution in [0, 0.1) is 6.92 Å². The van der Waals surface area contributed by atoms with Gasteiger partial charge >= 0.3 is 5.97 Å². The first-order valence-electron chi connectivity index (χ1n) is 4.84. The van der Waals surface area contributed by atoms with Gasteiger partial charge in [-0.25, -0.2) is 4.79 Å². The van der Waals surface area contributed by atoms with Gasteiger partial charge in [0.25, 0.3) is 0 Å². The van der Waals surface area contributed by atoms with Gasteiger partial charge in [0.05, 0.1) is 12.7 Å². The third-order valence-electron chi connectivity index (χ3n) is 2.20. The van der Waals surface area contributed by atoms with Crippen molar-refractivity contribution in [1.29, 1.82) is 0 Å². The summed E-state index contributed by atoms with van der Waals surface area (Å²) in [5.41, 5.74) is 2.19. The molecular weight excluding hydrogens is 206 g/mol. The number of hydrogen-bond acceptors (Lipinski definition) is 3. The quantitative estimate of drug-likeness (QED) is 0.842. The molecule has 5 heteroatoms. The molecule has 0 aliphatic heterocycles. The van der Waals surface area contributed by atoms with Gasteiger partial charge in [0, 0.05) is 0 Å². The Morgan fingerprint density at radius 1 is 1.38 bits per heavy atom. The van der Waals surface area contributed by atoms with Gasteiger partial charge in [0.15, 0.2) is 5.69 Å². The summed E-state index contributed by atoms with van der Waals surface area (Å²) in [5, 5.41) is 16.4. The number of aryl methyl sites for hydroxylation is 1. The monoisotopic (exact) mass is 217 g/mol. The fraction of sp³-hybridized carbons (Fsp3) is 0.182. The van der Waals surface area contributed by atoms with Gasteiger partial charge in [-0.2, -0.15) is 9.90 Å². The number of benzene rings is 1. The molecule has 5 nitrogen and oxygen atoms in total. The van der Waals surface area contributed by atoms with Crippen LogP contribution in [0.25, 0.3) is 0 Å². The Hall–Kier alpha value is -2.17. The van der Waals surface area contributed by atoms with Gasteiger partial charge < -0.3 is 5.11 Å². The molecule has 0 fully saturated rings. The molecule has 0 amide bonds. The maximum atomic E-state index is 10.6. The minimum Gasteiger partial charge on any atom is -0.476 e. The normalized spacial score (nSPS) is 10.3. The van der Waals surface area contributed by atoms with E-state index in [1.165, 1.54) is 16.6 Å². The molecule has 82 valence electrons. The van der Waals surface area contributed by atoms with Crippen molar-refractivity contribution in [2.24, 2.45) is 0 Å². The minimum absolute atomic E-state index is 0.0351. The molecule has 1 aromatic carbocycles. The highest BCUT2D eigenvalue weighted by molar-refractivity contribution is 5.84. The summed E-state index contributed by atoms with van der Waals surface area (Å²) in [6.45, 7) is 2.49. The number of aromatic nitrogens is 3. The molecule has 0 unspecified atom stereocenters. The zero-order valence-corrected chi connectivity index (χ0v) is 8.79. The van der Waals surface area contributed by atoms with Gasteiger partial charge in [-0.3, -0.25) is 0 Å². The van der Waals surface area contributed by atoms with E-state index < -0.39 is 5.97 Å². The fourth-order valence-corrected chi connectivity index (χ4v) is 1.33. The van der Waals surface area contributed by atoms with Crippen LogP contribution in [0.15, 0.2) is 30.5 Å². The standard InChI is InChI=1S/C11H11N3O2/c1-8-2-4-9(5-3-8)7-14-12-6-10(13-14)11(15)16/h2-6H,7H2,1H3,(H,15,16). The molecule has 1 N–H and O–H groups in total. The summed E-state index contributed by atoms with van der Waals surface area (Å²) < 4.78 is 0. The fourth-order valence-electron chi connectivity index (χ4n) is 1.33. The largest absolute Gasteiger partial charge is 0.476 e. The van der Waals surface area contributed by atoms with Crippen molar-refractivity contribution in [2.75, 3.05) is 0 Å². The number of aromatic carboxylic acids is 1. The van der Waals surface area contributed by atoms with Gasteiger partial charge in [-0.15, -0.1) is 5.10 Å². The minimum atomic E-state index is -1.06. The summed E-state index contributed by atoms with van der Waals surface area (Å²) in [5.74, 6) is -1.06. The Morgan fingerprint density at radius 2 is 2.06 bits per heavy atom. The first kappa shape index (κ1) is 10.4. The first-order chi connectivity index (χ1) is 7.65. The lowest BCUT2D eigenvalue weighted by molar-refractivity contribution is 0.0689. The van der Waals surface area contributed by atoms with Crippen LogP contribution in [0.5, 0.6) is 0 Å². The van der Waals surface area contributed by atoms with Crippen LogP contribution in [0.3, 0.4) is 0 Å². The Kier molecular flexibility index (Phi) is 2.68. The second-order valence-electron chi connectivity index (χ2n) is 3.55. The van der Waals surface area contributed by atoms with Crippen LogP contribution in [0.4, 0.5) is 0 Å². The van der Waals surface area contributed by atoms with Gasteiger partial charge in [-0.1, -0.05) is 29.8 Å². The highest BCUT2D eigenvalue weighted by Crippen LogP contribution is 2.04. The summed E-state index contributed by atoms with van der Waals surface area (Å²) in [7, 11) is 0. The summed E-state index contributed by atoms with van der Waals surface area (Å²) >= 11 is 0. The van der Waals surface area contributed by atoms with Crippen LogP contribution in [0.2, 0.25) is 0 Å². The SMILES string of the molecule is Cc1ccc(Cn2ncc(C(=O)O)n2)cc1. The lowest BCUT2D eigenvalue weighted by Crippen LogP contribution is -2.05. The average Bonchev–Trinajstić information content (AvgIpc) is 2.70. The Morgan fingerprint density at radius 3 is 2.62 bits per heavy atom. The van der Waals surface area contributed by atoms with Crippen LogP contribution >= 0.6 is 0 Å². The Balaban J connectivity index is 2.14. The molecule has 0 atom stereocenters. The highest BCUT2D eigenvalue weighted by atomic mass is 16.4. The van der Waals surface area contributed by atoms with E-state index >= 15 is 0 Å². The molecular formula is C11H11N3O2. The molecule has 0 bridgehead atoms.